The summed E-state index contributed by atoms with van der Waals surface area (Å²) in [5, 5.41) is 3.69. The molecule has 0 radical (unpaired) electrons. The second-order valence-electron chi connectivity index (χ2n) is 4.61. The van der Waals surface area contributed by atoms with Crippen LogP contribution in [0, 0.1) is 0 Å². The van der Waals surface area contributed by atoms with Crippen LogP contribution in [0.5, 0.6) is 0 Å². The van der Waals surface area contributed by atoms with Crippen LogP contribution in [-0.2, 0) is 13.5 Å². The molecule has 0 saturated carbocycles. The first-order chi connectivity index (χ1) is 9.61. The van der Waals surface area contributed by atoms with E-state index in [9.17, 15) is 8.78 Å². The molecule has 0 bridgehead atoms. The maximum atomic E-state index is 13.0. The van der Waals surface area contributed by atoms with Gasteiger partial charge in [-0.3, -0.25) is 4.98 Å². The lowest BCUT2D eigenvalue weighted by Crippen LogP contribution is -2.04. The molecule has 0 aromatic carbocycles. The molecule has 0 saturated heterocycles. The lowest BCUT2D eigenvalue weighted by Gasteiger charge is -2.11. The van der Waals surface area contributed by atoms with Crippen molar-refractivity contribution in [3.63, 3.8) is 0 Å². The molecule has 0 aliphatic heterocycles. The molecular formula is C14H14F2N4. The van der Waals surface area contributed by atoms with E-state index in [1.54, 1.807) is 6.07 Å². The predicted molar refractivity (Wildman–Crippen MR) is 72.6 cm³/mol. The van der Waals surface area contributed by atoms with Gasteiger partial charge in [0, 0.05) is 25.0 Å². The van der Waals surface area contributed by atoms with Gasteiger partial charge >= 0.3 is 6.55 Å². The van der Waals surface area contributed by atoms with Crippen molar-refractivity contribution in [1.29, 1.82) is 0 Å². The van der Waals surface area contributed by atoms with Crippen molar-refractivity contribution in [2.24, 2.45) is 7.05 Å². The molecule has 3 rings (SSSR count). The summed E-state index contributed by atoms with van der Waals surface area (Å²) in [5.41, 5.74) is 3.69. The van der Waals surface area contributed by atoms with Crippen LogP contribution in [0.2, 0.25) is 0 Å². The number of halogens is 2. The van der Waals surface area contributed by atoms with Crippen molar-refractivity contribution in [2.45, 2.75) is 19.9 Å². The fourth-order valence-corrected chi connectivity index (χ4v) is 2.40. The topological polar surface area (TPSA) is 35.6 Å². The quantitative estimate of drug-likeness (QED) is 0.735. The minimum atomic E-state index is -2.66. The van der Waals surface area contributed by atoms with Crippen molar-refractivity contribution >= 4 is 11.0 Å². The van der Waals surface area contributed by atoms with Crippen molar-refractivity contribution in [3.8, 4) is 11.3 Å². The molecule has 0 unspecified atom stereocenters. The van der Waals surface area contributed by atoms with Crippen molar-refractivity contribution < 1.29 is 8.78 Å². The Labute approximate surface area is 114 Å². The molecule has 4 nitrogen and oxygen atoms in total. The van der Waals surface area contributed by atoms with E-state index in [1.807, 2.05) is 36.9 Å². The van der Waals surface area contributed by atoms with Gasteiger partial charge in [0.25, 0.3) is 0 Å². The molecule has 0 amide bonds. The summed E-state index contributed by atoms with van der Waals surface area (Å²) in [4.78, 5) is 4.56. The molecule has 0 spiro atoms. The number of nitrogens with zero attached hydrogens (tertiary/aromatic N) is 4. The van der Waals surface area contributed by atoms with E-state index in [-0.39, 0.29) is 0 Å². The highest BCUT2D eigenvalue weighted by Gasteiger charge is 2.17. The van der Waals surface area contributed by atoms with Gasteiger partial charge in [-0.1, -0.05) is 6.92 Å². The zero-order valence-electron chi connectivity index (χ0n) is 11.2. The maximum Gasteiger partial charge on any atom is 0.333 e. The number of hydrogen-bond donors (Lipinski definition) is 0. The van der Waals surface area contributed by atoms with Gasteiger partial charge in [-0.05, 0) is 24.6 Å². The monoisotopic (exact) mass is 276 g/mol. The van der Waals surface area contributed by atoms with E-state index in [0.29, 0.717) is 17.7 Å². The van der Waals surface area contributed by atoms with Crippen molar-refractivity contribution in [2.75, 3.05) is 0 Å². The number of aromatic nitrogens is 4. The first-order valence-corrected chi connectivity index (χ1v) is 6.38. The second-order valence-corrected chi connectivity index (χ2v) is 4.61. The Morgan fingerprint density at radius 1 is 1.30 bits per heavy atom. The Morgan fingerprint density at radius 2 is 2.10 bits per heavy atom. The summed E-state index contributed by atoms with van der Waals surface area (Å²) in [7, 11) is 1.91. The third-order valence-corrected chi connectivity index (χ3v) is 3.41. The highest BCUT2D eigenvalue weighted by Crippen LogP contribution is 2.29. The Morgan fingerprint density at radius 3 is 2.80 bits per heavy atom. The lowest BCUT2D eigenvalue weighted by molar-refractivity contribution is 0.0585. The van der Waals surface area contributed by atoms with Crippen LogP contribution in [0.15, 0.2) is 30.6 Å². The van der Waals surface area contributed by atoms with Gasteiger partial charge in [0.2, 0.25) is 0 Å². The van der Waals surface area contributed by atoms with Crippen LogP contribution in [0.1, 0.15) is 19.2 Å². The zero-order valence-corrected chi connectivity index (χ0v) is 11.2. The molecule has 6 heteroatoms. The van der Waals surface area contributed by atoms with Gasteiger partial charge in [-0.2, -0.15) is 13.9 Å². The Hall–Kier alpha value is -2.24. The van der Waals surface area contributed by atoms with Crippen LogP contribution in [0.4, 0.5) is 8.78 Å². The molecule has 0 N–H and O–H groups in total. The van der Waals surface area contributed by atoms with Crippen molar-refractivity contribution in [3.05, 3.63) is 36.3 Å². The first kappa shape index (κ1) is 12.8. The normalized spacial score (nSPS) is 11.7. The van der Waals surface area contributed by atoms with Gasteiger partial charge in [0.1, 0.15) is 0 Å². The average molecular weight is 276 g/mol. The number of aryl methyl sites for hydroxylation is 2. The molecule has 0 aliphatic carbocycles. The van der Waals surface area contributed by atoms with E-state index in [4.69, 9.17) is 0 Å². The van der Waals surface area contributed by atoms with E-state index in [2.05, 4.69) is 10.1 Å². The molecule has 0 aliphatic rings. The van der Waals surface area contributed by atoms with E-state index >= 15 is 0 Å². The molecule has 0 atom stereocenters. The summed E-state index contributed by atoms with van der Waals surface area (Å²) in [6.07, 6.45) is 3.97. The van der Waals surface area contributed by atoms with E-state index in [1.165, 1.54) is 6.20 Å². The largest absolute Gasteiger partial charge is 0.349 e. The highest BCUT2D eigenvalue weighted by molar-refractivity contribution is 5.82. The molecular weight excluding hydrogens is 262 g/mol. The minimum absolute atomic E-state index is 0.396. The number of pyridine rings is 1. The van der Waals surface area contributed by atoms with Gasteiger partial charge in [0.05, 0.1) is 22.4 Å². The molecule has 3 aromatic heterocycles. The highest BCUT2D eigenvalue weighted by atomic mass is 19.3. The zero-order chi connectivity index (χ0) is 14.3. The van der Waals surface area contributed by atoms with E-state index < -0.39 is 6.55 Å². The average Bonchev–Trinajstić information content (AvgIpc) is 3.04. The van der Waals surface area contributed by atoms with Crippen LogP contribution in [0.3, 0.4) is 0 Å². The predicted octanol–water partition coefficient (Wildman–Crippen LogP) is 3.39. The molecule has 104 valence electrons. The third kappa shape index (κ3) is 1.88. The van der Waals surface area contributed by atoms with Gasteiger partial charge < -0.3 is 4.57 Å². The SMILES string of the molecule is CCc1nc2ccn(C)c2cc1-c1ccnn1C(F)F. The smallest absolute Gasteiger partial charge is 0.333 e. The molecule has 0 fully saturated rings. The third-order valence-electron chi connectivity index (χ3n) is 3.41. The Kier molecular flexibility index (Phi) is 3.00. The summed E-state index contributed by atoms with van der Waals surface area (Å²) in [5.74, 6) is 0. The minimum Gasteiger partial charge on any atom is -0.349 e. The van der Waals surface area contributed by atoms with Gasteiger partial charge in [-0.15, -0.1) is 0 Å². The van der Waals surface area contributed by atoms with Gasteiger partial charge in [-0.25, -0.2) is 4.68 Å². The Bertz CT molecular complexity index is 758. The fraction of sp³-hybridized carbons (Fsp3) is 0.286. The van der Waals surface area contributed by atoms with E-state index in [0.717, 1.165) is 21.4 Å². The number of alkyl halides is 2. The summed E-state index contributed by atoms with van der Waals surface area (Å²) in [6.45, 7) is -0.697. The van der Waals surface area contributed by atoms with Crippen LogP contribution >= 0.6 is 0 Å². The fourth-order valence-electron chi connectivity index (χ4n) is 2.40. The van der Waals surface area contributed by atoms with Gasteiger partial charge in [0.15, 0.2) is 0 Å². The lowest BCUT2D eigenvalue weighted by atomic mass is 10.1. The van der Waals surface area contributed by atoms with Crippen molar-refractivity contribution in [1.82, 2.24) is 19.3 Å². The first-order valence-electron chi connectivity index (χ1n) is 6.38. The maximum absolute atomic E-state index is 13.0. The molecule has 20 heavy (non-hydrogen) atoms. The number of fused-ring (bicyclic) bond motifs is 1. The van der Waals surface area contributed by atoms with Crippen LogP contribution < -0.4 is 0 Å². The Balaban J connectivity index is 2.28. The summed E-state index contributed by atoms with van der Waals surface area (Å²) >= 11 is 0. The molecule has 3 aromatic rings. The summed E-state index contributed by atoms with van der Waals surface area (Å²) in [6, 6.07) is 5.41. The van der Waals surface area contributed by atoms with Crippen LogP contribution in [0.25, 0.3) is 22.3 Å². The summed E-state index contributed by atoms with van der Waals surface area (Å²) < 4.78 is 28.6. The number of rotatable bonds is 3. The standard InChI is InChI=1S/C14H14F2N4/c1-3-10-9(12-4-6-17-20(12)14(15)16)8-13-11(18-10)5-7-19(13)2/h4-8,14H,3H2,1-2H3. The molecule has 3 heterocycles. The number of hydrogen-bond acceptors (Lipinski definition) is 2. The van der Waals surface area contributed by atoms with Crippen LogP contribution in [-0.4, -0.2) is 19.3 Å². The second kappa shape index (κ2) is 4.70.